The number of aromatic hydroxyl groups is 1. The molecule has 0 saturated carbocycles. The van der Waals surface area contributed by atoms with Gasteiger partial charge in [-0.25, -0.2) is 4.79 Å². The molecule has 0 bridgehead atoms. The van der Waals surface area contributed by atoms with Crippen LogP contribution in [0.2, 0.25) is 0 Å². The molecule has 1 aromatic heterocycles. The molecule has 5 nitrogen and oxygen atoms in total. The Morgan fingerprint density at radius 3 is 2.66 bits per heavy atom. The second-order valence-corrected chi connectivity index (χ2v) is 8.42. The Bertz CT molecular complexity index is 1070. The third kappa shape index (κ3) is 4.29. The van der Waals surface area contributed by atoms with Gasteiger partial charge < -0.3 is 14.3 Å². The van der Waals surface area contributed by atoms with Crippen LogP contribution in [0.5, 0.6) is 11.5 Å². The first-order valence-electron chi connectivity index (χ1n) is 9.95. The molecule has 2 aromatic rings. The largest absolute Gasteiger partial charge is 0.508 e. The second-order valence-electron chi connectivity index (χ2n) is 8.42. The van der Waals surface area contributed by atoms with Gasteiger partial charge in [0, 0.05) is 12.0 Å². The molecule has 1 aromatic carbocycles. The molecular weight excluding hydrogens is 368 g/mol. The van der Waals surface area contributed by atoms with Crippen LogP contribution in [0.25, 0.3) is 11.0 Å². The Morgan fingerprint density at radius 1 is 1.24 bits per heavy atom. The van der Waals surface area contributed by atoms with Crippen molar-refractivity contribution in [3.05, 3.63) is 57.5 Å². The first-order valence-corrected chi connectivity index (χ1v) is 9.95. The first-order chi connectivity index (χ1) is 13.6. The maximum absolute atomic E-state index is 12.5. The fourth-order valence-corrected chi connectivity index (χ4v) is 3.91. The molecule has 3 rings (SSSR count). The second kappa shape index (κ2) is 7.90. The number of ketones is 1. The van der Waals surface area contributed by atoms with E-state index in [1.807, 2.05) is 34.6 Å². The van der Waals surface area contributed by atoms with Crippen LogP contribution in [0, 0.1) is 0 Å². The lowest BCUT2D eigenvalue weighted by molar-refractivity contribution is -0.110. The normalized spacial score (nSPS) is 21.0. The molecule has 29 heavy (non-hydrogen) atoms. The summed E-state index contributed by atoms with van der Waals surface area (Å²) in [5.41, 5.74) is 1.93. The van der Waals surface area contributed by atoms with Gasteiger partial charge in [0.15, 0.2) is 5.78 Å². The summed E-state index contributed by atoms with van der Waals surface area (Å²) in [5.74, 6) is 0.485. The third-order valence-corrected chi connectivity index (χ3v) is 5.63. The van der Waals surface area contributed by atoms with Gasteiger partial charge in [0.25, 0.3) is 0 Å². The van der Waals surface area contributed by atoms with E-state index in [4.69, 9.17) is 9.15 Å². The van der Waals surface area contributed by atoms with Crippen molar-refractivity contribution in [1.82, 2.24) is 0 Å². The summed E-state index contributed by atoms with van der Waals surface area (Å²) in [7, 11) is 0. The van der Waals surface area contributed by atoms with Gasteiger partial charge in [-0.3, -0.25) is 4.79 Å². The lowest BCUT2D eigenvalue weighted by Gasteiger charge is -2.28. The van der Waals surface area contributed by atoms with Crippen LogP contribution in [0.15, 0.2) is 50.7 Å². The molecule has 0 radical (unpaired) electrons. The van der Waals surface area contributed by atoms with E-state index in [0.717, 1.165) is 30.4 Å². The lowest BCUT2D eigenvalue weighted by Crippen LogP contribution is -2.33. The molecule has 2 atom stereocenters. The topological polar surface area (TPSA) is 76.7 Å². The molecule has 1 aliphatic rings. The number of carbonyl (C=O) groups excluding carboxylic acids is 1. The van der Waals surface area contributed by atoms with E-state index >= 15 is 0 Å². The molecule has 0 spiro atoms. The fourth-order valence-electron chi connectivity index (χ4n) is 3.91. The number of benzene rings is 1. The van der Waals surface area contributed by atoms with Crippen molar-refractivity contribution >= 4 is 16.8 Å². The van der Waals surface area contributed by atoms with Gasteiger partial charge in [-0.1, -0.05) is 18.1 Å². The molecule has 0 amide bonds. The minimum Gasteiger partial charge on any atom is -0.508 e. The van der Waals surface area contributed by atoms with Crippen molar-refractivity contribution in [2.75, 3.05) is 0 Å². The zero-order valence-corrected chi connectivity index (χ0v) is 17.7. The number of rotatable bonds is 6. The van der Waals surface area contributed by atoms with Crippen LogP contribution >= 0.6 is 0 Å². The maximum Gasteiger partial charge on any atom is 0.343 e. The molecular formula is C24H28O5. The lowest BCUT2D eigenvalue weighted by atomic mass is 9.83. The van der Waals surface area contributed by atoms with Gasteiger partial charge in [-0.2, -0.15) is 0 Å². The Kier molecular flexibility index (Phi) is 5.69. The van der Waals surface area contributed by atoms with Gasteiger partial charge in [0.2, 0.25) is 0 Å². The van der Waals surface area contributed by atoms with Crippen molar-refractivity contribution in [2.45, 2.75) is 65.4 Å². The average Bonchev–Trinajstić information content (AvgIpc) is 2.86. The smallest absolute Gasteiger partial charge is 0.343 e. The van der Waals surface area contributed by atoms with Crippen LogP contribution in [-0.2, 0) is 4.79 Å². The van der Waals surface area contributed by atoms with E-state index < -0.39 is 11.2 Å². The minimum atomic E-state index is -0.534. The zero-order chi connectivity index (χ0) is 21.3. The van der Waals surface area contributed by atoms with E-state index in [1.54, 1.807) is 24.3 Å². The van der Waals surface area contributed by atoms with Gasteiger partial charge in [-0.05, 0) is 71.2 Å². The predicted octanol–water partition coefficient (Wildman–Crippen LogP) is 5.41. The van der Waals surface area contributed by atoms with E-state index in [2.05, 4.69) is 0 Å². The van der Waals surface area contributed by atoms with Crippen molar-refractivity contribution in [2.24, 2.45) is 0 Å². The molecule has 154 valence electrons. The Hall–Kier alpha value is -2.82. The molecule has 0 unspecified atom stereocenters. The maximum atomic E-state index is 12.5. The fraction of sp³-hybridized carbons (Fsp3) is 0.417. The molecule has 0 saturated heterocycles. The minimum absolute atomic E-state index is 0.0129. The highest BCUT2D eigenvalue weighted by atomic mass is 16.5. The number of phenols is 1. The predicted molar refractivity (Wildman–Crippen MR) is 114 cm³/mol. The summed E-state index contributed by atoms with van der Waals surface area (Å²) in [6, 6.07) is 4.70. The number of allylic oxidation sites excluding steroid dienone is 4. The van der Waals surface area contributed by atoms with Crippen LogP contribution in [0.4, 0.5) is 0 Å². The number of fused-ring (bicyclic) bond motifs is 3. The summed E-state index contributed by atoms with van der Waals surface area (Å²) in [6.07, 6.45) is 5.67. The monoisotopic (exact) mass is 396 g/mol. The van der Waals surface area contributed by atoms with E-state index in [0.29, 0.717) is 22.3 Å². The molecule has 1 aliphatic heterocycles. The summed E-state index contributed by atoms with van der Waals surface area (Å²) in [5, 5.41) is 10.4. The highest BCUT2D eigenvalue weighted by Crippen LogP contribution is 2.48. The summed E-state index contributed by atoms with van der Waals surface area (Å²) >= 11 is 0. The highest BCUT2D eigenvalue weighted by Gasteiger charge is 2.44. The van der Waals surface area contributed by atoms with Gasteiger partial charge >= 0.3 is 5.63 Å². The molecule has 0 fully saturated rings. The van der Waals surface area contributed by atoms with E-state index in [-0.39, 0.29) is 17.5 Å². The number of phenolic OH excluding ortho intramolecular Hbond substituents is 1. The van der Waals surface area contributed by atoms with Crippen LogP contribution in [-0.4, -0.2) is 16.5 Å². The van der Waals surface area contributed by atoms with Gasteiger partial charge in [0.05, 0.1) is 10.9 Å². The van der Waals surface area contributed by atoms with Crippen molar-refractivity contribution < 1.29 is 19.1 Å². The average molecular weight is 396 g/mol. The van der Waals surface area contributed by atoms with Crippen LogP contribution < -0.4 is 10.4 Å². The number of hydrogen-bond donors (Lipinski definition) is 1. The number of ether oxygens (including phenoxy) is 1. The number of hydrogen-bond acceptors (Lipinski definition) is 5. The van der Waals surface area contributed by atoms with Crippen molar-refractivity contribution in [1.29, 1.82) is 0 Å². The summed E-state index contributed by atoms with van der Waals surface area (Å²) in [4.78, 5) is 24.4. The van der Waals surface area contributed by atoms with Gasteiger partial charge in [-0.15, -0.1) is 0 Å². The molecule has 1 N–H and O–H groups in total. The standard InChI is InChI=1S/C24H28O5/c1-14(2)11-18(26)12-15(3)7-6-10-24(5)16(4)21-22(29-24)19-9-8-17(25)13-20(19)28-23(21)27/h8-9,11-13,16,25H,6-7,10H2,1-5H3/b15-12-/t16-,24+/m1/s1. The van der Waals surface area contributed by atoms with Crippen molar-refractivity contribution in [3.8, 4) is 11.5 Å². The SMILES string of the molecule is CC(C)=CC(=O)/C=C(/C)CCC[C@]1(C)Oc2c(c(=O)oc3cc(O)ccc23)[C@H]1C. The molecule has 2 heterocycles. The van der Waals surface area contributed by atoms with Gasteiger partial charge in [0.1, 0.15) is 22.7 Å². The molecule has 0 aliphatic carbocycles. The first kappa shape index (κ1) is 20.9. The van der Waals surface area contributed by atoms with Crippen LogP contribution in [0.1, 0.15) is 65.4 Å². The third-order valence-electron chi connectivity index (χ3n) is 5.63. The quantitative estimate of drug-likeness (QED) is 0.522. The highest BCUT2D eigenvalue weighted by molar-refractivity contribution is 6.00. The zero-order valence-electron chi connectivity index (χ0n) is 17.7. The Balaban J connectivity index is 1.77. The number of carbonyl (C=O) groups is 1. The summed E-state index contributed by atoms with van der Waals surface area (Å²) in [6.45, 7) is 9.76. The van der Waals surface area contributed by atoms with E-state index in [9.17, 15) is 14.7 Å². The Labute approximate surface area is 170 Å². The summed E-state index contributed by atoms with van der Waals surface area (Å²) < 4.78 is 11.7. The van der Waals surface area contributed by atoms with Crippen molar-refractivity contribution in [3.63, 3.8) is 0 Å². The van der Waals surface area contributed by atoms with Crippen LogP contribution in [0.3, 0.4) is 0 Å². The Morgan fingerprint density at radius 2 is 1.97 bits per heavy atom. The molecule has 5 heteroatoms. The van der Waals surface area contributed by atoms with E-state index in [1.165, 1.54) is 6.07 Å².